The molecule has 0 bridgehead atoms. The molecule has 0 saturated carbocycles. The van der Waals surface area contributed by atoms with E-state index in [0.717, 1.165) is 34.5 Å². The van der Waals surface area contributed by atoms with Crippen LogP contribution in [0.25, 0.3) is 11.0 Å². The van der Waals surface area contributed by atoms with Crippen LogP contribution in [0.4, 0.5) is 5.69 Å². The summed E-state index contributed by atoms with van der Waals surface area (Å²) >= 11 is 0. The Bertz CT molecular complexity index is 929. The highest BCUT2D eigenvalue weighted by Crippen LogP contribution is 2.23. The largest absolute Gasteiger partial charge is 0.322 e. The summed E-state index contributed by atoms with van der Waals surface area (Å²) in [5.41, 5.74) is 4.01. The molecule has 1 aromatic carbocycles. The van der Waals surface area contributed by atoms with Crippen LogP contribution in [0.2, 0.25) is 0 Å². The lowest BCUT2D eigenvalue weighted by Crippen LogP contribution is -2.17. The normalized spacial score (nSPS) is 11.3. The van der Waals surface area contributed by atoms with E-state index in [1.165, 1.54) is 0 Å². The number of hydrogen-bond donors (Lipinski definition) is 2. The number of amides is 1. The highest BCUT2D eigenvalue weighted by Gasteiger charge is 2.17. The average molecular weight is 351 g/mol. The maximum absolute atomic E-state index is 13.0. The lowest BCUT2D eigenvalue weighted by Gasteiger charge is -2.12. The Kier molecular flexibility index (Phi) is 5.32. The quantitative estimate of drug-likeness (QED) is 0.710. The predicted molar refractivity (Wildman–Crippen MR) is 104 cm³/mol. The molecule has 0 unspecified atom stereocenters. The number of hydrogen-bond acceptors (Lipinski definition) is 4. The summed E-state index contributed by atoms with van der Waals surface area (Å²) in [6.45, 7) is 9.64. The van der Waals surface area contributed by atoms with E-state index in [4.69, 9.17) is 0 Å². The fourth-order valence-electron chi connectivity index (χ4n) is 2.95. The molecule has 0 fully saturated rings. The first-order valence-electron chi connectivity index (χ1n) is 8.96. The third-order valence-electron chi connectivity index (χ3n) is 4.26. The van der Waals surface area contributed by atoms with Crippen LogP contribution >= 0.6 is 0 Å². The molecule has 0 aliphatic rings. The molecule has 0 aliphatic heterocycles. The van der Waals surface area contributed by atoms with Crippen molar-refractivity contribution < 1.29 is 4.79 Å². The van der Waals surface area contributed by atoms with Crippen molar-refractivity contribution in [2.75, 3.05) is 11.9 Å². The third-order valence-corrected chi connectivity index (χ3v) is 4.26. The minimum Gasteiger partial charge on any atom is -0.322 e. The van der Waals surface area contributed by atoms with E-state index in [2.05, 4.69) is 27.6 Å². The van der Waals surface area contributed by atoms with Gasteiger partial charge in [0.2, 0.25) is 0 Å². The monoisotopic (exact) mass is 351 g/mol. The molecule has 3 rings (SSSR count). The molecule has 0 atom stereocenters. The minimum atomic E-state index is -0.146. The molecule has 1 amide bonds. The molecule has 136 valence electrons. The van der Waals surface area contributed by atoms with Crippen molar-refractivity contribution in [3.8, 4) is 0 Å². The topological polar surface area (TPSA) is 71.8 Å². The van der Waals surface area contributed by atoms with E-state index in [0.29, 0.717) is 12.1 Å². The van der Waals surface area contributed by atoms with Crippen LogP contribution < -0.4 is 10.6 Å². The molecule has 2 heterocycles. The minimum absolute atomic E-state index is 0.146. The van der Waals surface area contributed by atoms with Gasteiger partial charge in [-0.25, -0.2) is 9.67 Å². The molecule has 0 radical (unpaired) electrons. The summed E-state index contributed by atoms with van der Waals surface area (Å²) in [4.78, 5) is 17.6. The van der Waals surface area contributed by atoms with Gasteiger partial charge >= 0.3 is 0 Å². The summed E-state index contributed by atoms with van der Waals surface area (Å²) in [6.07, 6.45) is 1.72. The first kappa shape index (κ1) is 18.1. The zero-order chi connectivity index (χ0) is 18.7. The number of nitrogens with one attached hydrogen (secondary N) is 2. The number of carbonyl (C=O) groups is 1. The lowest BCUT2D eigenvalue weighted by atomic mass is 10.1. The van der Waals surface area contributed by atoms with E-state index in [-0.39, 0.29) is 11.9 Å². The van der Waals surface area contributed by atoms with Gasteiger partial charge in [-0.15, -0.1) is 0 Å². The second-order valence-corrected chi connectivity index (χ2v) is 6.62. The number of fused-ring (bicyclic) bond motifs is 1. The number of pyridine rings is 1. The van der Waals surface area contributed by atoms with E-state index >= 15 is 0 Å². The summed E-state index contributed by atoms with van der Waals surface area (Å²) in [6, 6.07) is 9.84. The van der Waals surface area contributed by atoms with E-state index in [1.54, 1.807) is 6.20 Å². The third kappa shape index (κ3) is 3.60. The number of aromatic nitrogens is 3. The zero-order valence-corrected chi connectivity index (χ0v) is 15.7. The Morgan fingerprint density at radius 2 is 2.04 bits per heavy atom. The van der Waals surface area contributed by atoms with Crippen molar-refractivity contribution in [3.05, 3.63) is 53.3 Å². The standard InChI is InChI=1S/C20H25N5O/c1-5-21-11-15-8-6-7-9-18(15)24-20(26)16-10-14(4)23-19-17(16)12-22-25(19)13(2)3/h6-10,12-13,21H,5,11H2,1-4H3,(H,24,26). The Labute approximate surface area is 153 Å². The molecule has 0 aliphatic carbocycles. The van der Waals surface area contributed by atoms with Crippen LogP contribution in [0.3, 0.4) is 0 Å². The maximum Gasteiger partial charge on any atom is 0.256 e. The van der Waals surface area contributed by atoms with Crippen molar-refractivity contribution in [1.29, 1.82) is 0 Å². The van der Waals surface area contributed by atoms with Crippen LogP contribution in [0, 0.1) is 6.92 Å². The fraction of sp³-hybridized carbons (Fsp3) is 0.350. The second kappa shape index (κ2) is 7.66. The summed E-state index contributed by atoms with van der Waals surface area (Å²) in [5.74, 6) is -0.146. The SMILES string of the molecule is CCNCc1ccccc1NC(=O)c1cc(C)nc2c1cnn2C(C)C. The second-order valence-electron chi connectivity index (χ2n) is 6.62. The van der Waals surface area contributed by atoms with E-state index in [1.807, 2.05) is 55.8 Å². The van der Waals surface area contributed by atoms with Gasteiger partial charge in [0.05, 0.1) is 17.1 Å². The van der Waals surface area contributed by atoms with Crippen molar-refractivity contribution in [3.63, 3.8) is 0 Å². The smallest absolute Gasteiger partial charge is 0.256 e. The van der Waals surface area contributed by atoms with Crippen LogP contribution in [0.5, 0.6) is 0 Å². The lowest BCUT2D eigenvalue weighted by molar-refractivity contribution is 0.102. The van der Waals surface area contributed by atoms with Crippen LogP contribution in [0.1, 0.15) is 48.4 Å². The van der Waals surface area contributed by atoms with Gasteiger partial charge in [0.25, 0.3) is 5.91 Å². The Morgan fingerprint density at radius 1 is 1.27 bits per heavy atom. The molecule has 26 heavy (non-hydrogen) atoms. The van der Waals surface area contributed by atoms with E-state index in [9.17, 15) is 4.79 Å². The molecule has 6 nitrogen and oxygen atoms in total. The van der Waals surface area contributed by atoms with Gasteiger partial charge in [0.15, 0.2) is 5.65 Å². The number of carbonyl (C=O) groups excluding carboxylic acids is 1. The zero-order valence-electron chi connectivity index (χ0n) is 15.7. The summed E-state index contributed by atoms with van der Waals surface area (Å²) < 4.78 is 1.85. The predicted octanol–water partition coefficient (Wildman–Crippen LogP) is 3.68. The number of aryl methyl sites for hydroxylation is 1. The van der Waals surface area contributed by atoms with Crippen LogP contribution in [-0.2, 0) is 6.54 Å². The number of anilines is 1. The molecule has 2 aromatic heterocycles. The Balaban J connectivity index is 1.96. The van der Waals surface area contributed by atoms with Crippen LogP contribution in [-0.4, -0.2) is 27.2 Å². The van der Waals surface area contributed by atoms with Crippen LogP contribution in [0.15, 0.2) is 36.5 Å². The molecule has 0 spiro atoms. The molecule has 0 saturated heterocycles. The van der Waals surface area contributed by atoms with Gasteiger partial charge in [0, 0.05) is 24.0 Å². The van der Waals surface area contributed by atoms with Gasteiger partial charge in [0.1, 0.15) is 0 Å². The number of para-hydroxylation sites is 1. The van der Waals surface area contributed by atoms with Gasteiger partial charge in [-0.05, 0) is 45.0 Å². The fourth-order valence-corrected chi connectivity index (χ4v) is 2.95. The molecular formula is C20H25N5O. The van der Waals surface area contributed by atoms with E-state index < -0.39 is 0 Å². The summed E-state index contributed by atoms with van der Waals surface area (Å²) in [7, 11) is 0. The first-order chi connectivity index (χ1) is 12.5. The highest BCUT2D eigenvalue weighted by atomic mass is 16.1. The average Bonchev–Trinajstić information content (AvgIpc) is 3.04. The Hall–Kier alpha value is -2.73. The first-order valence-corrected chi connectivity index (χ1v) is 8.96. The van der Waals surface area contributed by atoms with Crippen molar-refractivity contribution >= 4 is 22.6 Å². The maximum atomic E-state index is 13.0. The molecular weight excluding hydrogens is 326 g/mol. The number of nitrogens with zero attached hydrogens (tertiary/aromatic N) is 3. The number of rotatable bonds is 6. The van der Waals surface area contributed by atoms with Gasteiger partial charge in [-0.2, -0.15) is 5.10 Å². The van der Waals surface area contributed by atoms with Gasteiger partial charge in [-0.3, -0.25) is 4.79 Å². The molecule has 3 aromatic rings. The number of benzene rings is 1. The highest BCUT2D eigenvalue weighted by molar-refractivity contribution is 6.12. The van der Waals surface area contributed by atoms with Gasteiger partial charge < -0.3 is 10.6 Å². The molecule has 2 N–H and O–H groups in total. The van der Waals surface area contributed by atoms with Crippen molar-refractivity contribution in [2.45, 2.75) is 40.3 Å². The van der Waals surface area contributed by atoms with Crippen molar-refractivity contribution in [2.24, 2.45) is 0 Å². The van der Waals surface area contributed by atoms with Crippen molar-refractivity contribution in [1.82, 2.24) is 20.1 Å². The molecule has 6 heteroatoms. The van der Waals surface area contributed by atoms with Gasteiger partial charge in [-0.1, -0.05) is 25.1 Å². The summed E-state index contributed by atoms with van der Waals surface area (Å²) in [5, 5.41) is 11.5. The Morgan fingerprint density at radius 3 is 2.77 bits per heavy atom.